The van der Waals surface area contributed by atoms with Crippen LogP contribution in [0.2, 0.25) is 5.02 Å². The van der Waals surface area contributed by atoms with Crippen LogP contribution in [-0.2, 0) is 9.53 Å². The summed E-state index contributed by atoms with van der Waals surface area (Å²) in [5.41, 5.74) is 0.418. The summed E-state index contributed by atoms with van der Waals surface area (Å²) in [4.78, 5) is 12.5. The van der Waals surface area contributed by atoms with Crippen molar-refractivity contribution in [1.82, 2.24) is 0 Å². The molecule has 3 nitrogen and oxygen atoms in total. The van der Waals surface area contributed by atoms with Crippen LogP contribution < -0.4 is 5.32 Å². The van der Waals surface area contributed by atoms with E-state index >= 15 is 0 Å². The van der Waals surface area contributed by atoms with Crippen molar-refractivity contribution in [2.75, 3.05) is 11.9 Å². The second-order valence-electron chi connectivity index (χ2n) is 6.57. The largest absolute Gasteiger partial charge is 0.464 e. The first-order valence-electron chi connectivity index (χ1n) is 7.58. The van der Waals surface area contributed by atoms with E-state index in [-0.39, 0.29) is 11.4 Å². The van der Waals surface area contributed by atoms with E-state index < -0.39 is 5.54 Å². The van der Waals surface area contributed by atoms with Crippen LogP contribution in [0.15, 0.2) is 24.3 Å². The molecule has 0 unspecified atom stereocenters. The average molecular weight is 310 g/mol. The van der Waals surface area contributed by atoms with Crippen LogP contribution in [0.25, 0.3) is 0 Å². The molecule has 0 bridgehead atoms. The highest BCUT2D eigenvalue weighted by Crippen LogP contribution is 2.43. The summed E-state index contributed by atoms with van der Waals surface area (Å²) in [7, 11) is 0. The fourth-order valence-electron chi connectivity index (χ4n) is 2.82. The molecular weight excluding hydrogens is 286 g/mol. The monoisotopic (exact) mass is 309 g/mol. The van der Waals surface area contributed by atoms with Crippen molar-refractivity contribution in [3.63, 3.8) is 0 Å². The molecule has 1 N–H and O–H groups in total. The van der Waals surface area contributed by atoms with Gasteiger partial charge in [0.05, 0.1) is 17.3 Å². The Hall–Kier alpha value is -1.22. The molecule has 1 aliphatic carbocycles. The first-order chi connectivity index (χ1) is 9.88. The highest BCUT2D eigenvalue weighted by Gasteiger charge is 2.45. The minimum Gasteiger partial charge on any atom is -0.464 e. The van der Waals surface area contributed by atoms with Crippen LogP contribution in [0.5, 0.6) is 0 Å². The number of anilines is 1. The van der Waals surface area contributed by atoms with Gasteiger partial charge in [-0.25, -0.2) is 4.79 Å². The van der Waals surface area contributed by atoms with Gasteiger partial charge in [-0.05, 0) is 50.2 Å². The highest BCUT2D eigenvalue weighted by molar-refractivity contribution is 6.33. The van der Waals surface area contributed by atoms with Gasteiger partial charge in [0.25, 0.3) is 0 Å². The molecule has 0 atom stereocenters. The van der Waals surface area contributed by atoms with Crippen molar-refractivity contribution >= 4 is 23.3 Å². The molecule has 0 radical (unpaired) electrons. The Morgan fingerprint density at radius 2 is 1.86 bits per heavy atom. The minimum absolute atomic E-state index is 0.166. The van der Waals surface area contributed by atoms with E-state index in [1.807, 2.05) is 31.2 Å². The molecule has 1 fully saturated rings. The molecule has 4 heteroatoms. The number of halogens is 1. The summed E-state index contributed by atoms with van der Waals surface area (Å²) >= 11 is 6.23. The molecule has 0 saturated heterocycles. The smallest absolute Gasteiger partial charge is 0.331 e. The Bertz CT molecular complexity index is 503. The van der Waals surface area contributed by atoms with Gasteiger partial charge in [0.15, 0.2) is 0 Å². The molecule has 0 aliphatic heterocycles. The number of esters is 1. The van der Waals surface area contributed by atoms with Crippen LogP contribution in [0.1, 0.15) is 46.5 Å². The molecule has 0 amide bonds. The number of hydrogen-bond donors (Lipinski definition) is 1. The lowest BCUT2D eigenvalue weighted by Gasteiger charge is -2.42. The van der Waals surface area contributed by atoms with Gasteiger partial charge in [0, 0.05) is 0 Å². The second-order valence-corrected chi connectivity index (χ2v) is 6.98. The molecule has 1 aliphatic rings. The zero-order valence-electron chi connectivity index (χ0n) is 13.0. The minimum atomic E-state index is -0.656. The van der Waals surface area contributed by atoms with E-state index in [1.54, 1.807) is 0 Å². The van der Waals surface area contributed by atoms with Crippen molar-refractivity contribution in [3.05, 3.63) is 29.3 Å². The lowest BCUT2D eigenvalue weighted by atomic mass is 9.69. The maximum absolute atomic E-state index is 12.5. The quantitative estimate of drug-likeness (QED) is 0.822. The zero-order valence-corrected chi connectivity index (χ0v) is 13.8. The van der Waals surface area contributed by atoms with E-state index in [1.165, 1.54) is 0 Å². The molecule has 1 aromatic rings. The van der Waals surface area contributed by atoms with Crippen molar-refractivity contribution in [2.24, 2.45) is 5.41 Å². The van der Waals surface area contributed by atoms with Gasteiger partial charge in [0.1, 0.15) is 5.54 Å². The number of nitrogens with one attached hydrogen (secondary N) is 1. The van der Waals surface area contributed by atoms with Gasteiger partial charge in [-0.3, -0.25) is 0 Å². The third-order valence-electron chi connectivity index (χ3n) is 4.37. The van der Waals surface area contributed by atoms with Crippen molar-refractivity contribution < 1.29 is 9.53 Å². The van der Waals surface area contributed by atoms with Gasteiger partial charge in [-0.1, -0.05) is 37.6 Å². The SMILES string of the molecule is CCOC(=O)C1(Nc2ccccc2Cl)CCC(C)(C)CC1. The average Bonchev–Trinajstić information content (AvgIpc) is 2.44. The summed E-state index contributed by atoms with van der Waals surface area (Å²) in [5.74, 6) is -0.166. The standard InChI is InChI=1S/C17H24ClNO2/c1-4-21-15(20)17(11-9-16(2,3)10-12-17)19-14-8-6-5-7-13(14)18/h5-8,19H,4,9-12H2,1-3H3. The van der Waals surface area contributed by atoms with Gasteiger partial charge in [-0.15, -0.1) is 0 Å². The molecule has 1 aromatic carbocycles. The summed E-state index contributed by atoms with van der Waals surface area (Å²) in [6.45, 7) is 6.73. The number of carbonyl (C=O) groups is 1. The topological polar surface area (TPSA) is 38.3 Å². The molecule has 0 heterocycles. The number of hydrogen-bond acceptors (Lipinski definition) is 3. The lowest BCUT2D eigenvalue weighted by Crippen LogP contribution is -2.51. The third kappa shape index (κ3) is 3.70. The number of carbonyl (C=O) groups excluding carboxylic acids is 1. The molecule has 116 valence electrons. The molecule has 2 rings (SSSR count). The van der Waals surface area contributed by atoms with Crippen molar-refractivity contribution in [2.45, 2.75) is 52.0 Å². The van der Waals surface area contributed by atoms with E-state index in [9.17, 15) is 4.79 Å². The summed E-state index contributed by atoms with van der Waals surface area (Å²) in [6, 6.07) is 7.53. The van der Waals surface area contributed by atoms with Crippen LogP contribution in [0, 0.1) is 5.41 Å². The summed E-state index contributed by atoms with van der Waals surface area (Å²) in [5, 5.41) is 4.01. The van der Waals surface area contributed by atoms with Crippen LogP contribution >= 0.6 is 11.6 Å². The van der Waals surface area contributed by atoms with Crippen molar-refractivity contribution in [3.8, 4) is 0 Å². The fourth-order valence-corrected chi connectivity index (χ4v) is 3.01. The van der Waals surface area contributed by atoms with Crippen LogP contribution in [-0.4, -0.2) is 18.1 Å². The molecule has 0 aromatic heterocycles. The summed E-state index contributed by atoms with van der Waals surface area (Å²) < 4.78 is 5.32. The van der Waals surface area contributed by atoms with Gasteiger partial charge in [0.2, 0.25) is 0 Å². The Kier molecular flexibility index (Phi) is 4.82. The Labute approximate surface area is 132 Å². The van der Waals surface area contributed by atoms with Gasteiger partial charge < -0.3 is 10.1 Å². The van der Waals surface area contributed by atoms with Crippen molar-refractivity contribution in [1.29, 1.82) is 0 Å². The number of para-hydroxylation sites is 1. The van der Waals surface area contributed by atoms with Crippen LogP contribution in [0.4, 0.5) is 5.69 Å². The normalized spacial score (nSPS) is 19.8. The Morgan fingerprint density at radius 3 is 2.43 bits per heavy atom. The number of rotatable bonds is 4. The maximum Gasteiger partial charge on any atom is 0.331 e. The Balaban J connectivity index is 2.25. The van der Waals surface area contributed by atoms with Gasteiger partial charge >= 0.3 is 5.97 Å². The van der Waals surface area contributed by atoms with E-state index in [0.717, 1.165) is 31.4 Å². The summed E-state index contributed by atoms with van der Waals surface area (Å²) in [6.07, 6.45) is 3.51. The lowest BCUT2D eigenvalue weighted by molar-refractivity contribution is -0.150. The van der Waals surface area contributed by atoms with E-state index in [2.05, 4.69) is 19.2 Å². The first-order valence-corrected chi connectivity index (χ1v) is 7.96. The van der Waals surface area contributed by atoms with E-state index in [4.69, 9.17) is 16.3 Å². The Morgan fingerprint density at radius 1 is 1.24 bits per heavy atom. The van der Waals surface area contributed by atoms with Crippen LogP contribution in [0.3, 0.4) is 0 Å². The molecule has 1 saturated carbocycles. The highest BCUT2D eigenvalue weighted by atomic mass is 35.5. The van der Waals surface area contributed by atoms with Gasteiger partial charge in [-0.2, -0.15) is 0 Å². The maximum atomic E-state index is 12.5. The third-order valence-corrected chi connectivity index (χ3v) is 4.70. The number of ether oxygens (including phenoxy) is 1. The fraction of sp³-hybridized carbons (Fsp3) is 0.588. The predicted molar refractivity (Wildman–Crippen MR) is 86.7 cm³/mol. The number of benzene rings is 1. The second kappa shape index (κ2) is 6.27. The first kappa shape index (κ1) is 16.2. The predicted octanol–water partition coefficient (Wildman–Crippen LogP) is 4.65. The molecule has 0 spiro atoms. The zero-order chi connectivity index (χ0) is 15.5. The van der Waals surface area contributed by atoms with E-state index in [0.29, 0.717) is 11.6 Å². The molecular formula is C17H24ClNO2. The molecule has 21 heavy (non-hydrogen) atoms.